The van der Waals surface area contributed by atoms with E-state index in [4.69, 9.17) is 18.9 Å². The van der Waals surface area contributed by atoms with Gasteiger partial charge in [0.2, 0.25) is 11.8 Å². The minimum absolute atomic E-state index is 0.00246. The number of hydrogen-bond donors (Lipinski definition) is 3. The number of hydrogen-bond acceptors (Lipinski definition) is 7. The van der Waals surface area contributed by atoms with Crippen LogP contribution in [-0.2, 0) is 28.5 Å². The van der Waals surface area contributed by atoms with Crippen molar-refractivity contribution in [3.05, 3.63) is 0 Å². The fraction of sp³-hybridized carbons (Fsp3) is 0.882. The minimum Gasteiger partial charge on any atom is -0.379 e. The largest absolute Gasteiger partial charge is 0.379 e. The molecule has 0 atom stereocenters. The van der Waals surface area contributed by atoms with Crippen LogP contribution < -0.4 is 16.0 Å². The van der Waals surface area contributed by atoms with Gasteiger partial charge in [-0.2, -0.15) is 0 Å². The summed E-state index contributed by atoms with van der Waals surface area (Å²) < 4.78 is 21.3. The molecule has 0 aliphatic carbocycles. The molecule has 0 saturated carbocycles. The summed E-state index contributed by atoms with van der Waals surface area (Å²) in [5.74, 6) is -0.385. The topological polar surface area (TPSA) is 107 Å². The van der Waals surface area contributed by atoms with Crippen LogP contribution in [0.4, 0.5) is 0 Å². The highest BCUT2D eigenvalue weighted by Gasteiger charge is 2.04. The third-order valence-corrected chi connectivity index (χ3v) is 3.10. The highest BCUT2D eigenvalue weighted by molar-refractivity contribution is 5.84. The van der Waals surface area contributed by atoms with Gasteiger partial charge in [0.15, 0.2) is 0 Å². The summed E-state index contributed by atoms with van der Waals surface area (Å²) in [7, 11) is 1.88. The molecule has 0 spiro atoms. The van der Waals surface area contributed by atoms with Crippen LogP contribution in [0.3, 0.4) is 0 Å². The lowest BCUT2D eigenvalue weighted by Gasteiger charge is -2.08. The van der Waals surface area contributed by atoms with Gasteiger partial charge in [0, 0.05) is 19.5 Å². The second kappa shape index (κ2) is 20.1. The summed E-state index contributed by atoms with van der Waals surface area (Å²) in [6, 6.07) is 0. The Morgan fingerprint density at radius 3 is 1.77 bits per heavy atom. The summed E-state index contributed by atoms with van der Waals surface area (Å²) in [5, 5.41) is 8.23. The van der Waals surface area contributed by atoms with Crippen LogP contribution in [0, 0.1) is 0 Å². The SMILES string of the molecule is CCCNC(=O)CNC(=O)CCOCCOCCOCCOCCNC. The fourth-order valence-electron chi connectivity index (χ4n) is 1.70. The van der Waals surface area contributed by atoms with E-state index in [1.165, 1.54) is 0 Å². The van der Waals surface area contributed by atoms with Crippen LogP contribution >= 0.6 is 0 Å². The van der Waals surface area contributed by atoms with E-state index in [-0.39, 0.29) is 24.8 Å². The Morgan fingerprint density at radius 1 is 0.692 bits per heavy atom. The molecule has 9 heteroatoms. The number of nitrogens with one attached hydrogen (secondary N) is 3. The molecule has 3 N–H and O–H groups in total. The van der Waals surface area contributed by atoms with Crippen LogP contribution in [-0.4, -0.2) is 91.4 Å². The second-order valence-electron chi connectivity index (χ2n) is 5.43. The molecule has 0 fully saturated rings. The molecule has 0 bridgehead atoms. The molecule has 2 amide bonds. The number of carbonyl (C=O) groups excluding carboxylic acids is 2. The first-order valence-electron chi connectivity index (χ1n) is 9.19. The zero-order valence-corrected chi connectivity index (χ0v) is 16.1. The van der Waals surface area contributed by atoms with Gasteiger partial charge >= 0.3 is 0 Å². The maximum absolute atomic E-state index is 11.5. The number of carbonyl (C=O) groups is 2. The zero-order chi connectivity index (χ0) is 19.3. The van der Waals surface area contributed by atoms with Gasteiger partial charge in [-0.1, -0.05) is 6.92 Å². The van der Waals surface area contributed by atoms with Gasteiger partial charge < -0.3 is 34.9 Å². The molecule has 0 aromatic carbocycles. The molecule has 0 heterocycles. The molecule has 0 rings (SSSR count). The van der Waals surface area contributed by atoms with Crippen molar-refractivity contribution in [3.63, 3.8) is 0 Å². The quantitative estimate of drug-likeness (QED) is 0.256. The fourth-order valence-corrected chi connectivity index (χ4v) is 1.70. The summed E-state index contributed by atoms with van der Waals surface area (Å²) >= 11 is 0. The number of ether oxygens (including phenoxy) is 4. The van der Waals surface area contributed by atoms with E-state index in [0.717, 1.165) is 13.0 Å². The molecule has 26 heavy (non-hydrogen) atoms. The van der Waals surface area contributed by atoms with Crippen molar-refractivity contribution >= 4 is 11.8 Å². The van der Waals surface area contributed by atoms with Gasteiger partial charge in [0.25, 0.3) is 0 Å². The van der Waals surface area contributed by atoms with Crippen molar-refractivity contribution in [2.45, 2.75) is 19.8 Å². The molecule has 0 aromatic rings. The first-order valence-corrected chi connectivity index (χ1v) is 9.19. The Balaban J connectivity index is 3.21. The Hall–Kier alpha value is -1.26. The molecule has 0 unspecified atom stereocenters. The first kappa shape index (κ1) is 24.7. The van der Waals surface area contributed by atoms with E-state index in [2.05, 4.69) is 16.0 Å². The van der Waals surface area contributed by atoms with Crippen molar-refractivity contribution in [2.75, 3.05) is 79.5 Å². The molecular weight excluding hydrogens is 342 g/mol. The van der Waals surface area contributed by atoms with Gasteiger partial charge in [-0.25, -0.2) is 0 Å². The van der Waals surface area contributed by atoms with Crippen LogP contribution in [0.2, 0.25) is 0 Å². The first-order chi connectivity index (χ1) is 12.7. The van der Waals surface area contributed by atoms with Gasteiger partial charge in [0.1, 0.15) is 0 Å². The Kier molecular flexibility index (Phi) is 19.1. The zero-order valence-electron chi connectivity index (χ0n) is 16.1. The van der Waals surface area contributed by atoms with Crippen molar-refractivity contribution < 1.29 is 28.5 Å². The molecule has 0 aromatic heterocycles. The molecule has 0 radical (unpaired) electrons. The standard InChI is InChI=1S/C17H35N3O6/c1-3-5-19-17(22)15-20-16(21)4-7-23-9-11-25-13-14-26-12-10-24-8-6-18-2/h18H,3-15H2,1-2H3,(H,19,22)(H,20,21). The van der Waals surface area contributed by atoms with Gasteiger partial charge in [-0.05, 0) is 13.5 Å². The van der Waals surface area contributed by atoms with E-state index in [1.807, 2.05) is 14.0 Å². The molecule has 0 aliphatic heterocycles. The molecule has 0 saturated heterocycles. The van der Waals surface area contributed by atoms with Crippen molar-refractivity contribution in [3.8, 4) is 0 Å². The van der Waals surface area contributed by atoms with Crippen molar-refractivity contribution in [1.82, 2.24) is 16.0 Å². The highest BCUT2D eigenvalue weighted by Crippen LogP contribution is 1.86. The Labute approximate surface area is 156 Å². The number of rotatable bonds is 19. The van der Waals surface area contributed by atoms with E-state index < -0.39 is 0 Å². The van der Waals surface area contributed by atoms with E-state index in [0.29, 0.717) is 59.4 Å². The van der Waals surface area contributed by atoms with E-state index in [9.17, 15) is 9.59 Å². The lowest BCUT2D eigenvalue weighted by molar-refractivity contribution is -0.126. The highest BCUT2D eigenvalue weighted by atomic mass is 16.6. The van der Waals surface area contributed by atoms with E-state index >= 15 is 0 Å². The maximum atomic E-state index is 11.5. The predicted molar refractivity (Wildman–Crippen MR) is 98.1 cm³/mol. The molecule has 0 aliphatic rings. The summed E-state index contributed by atoms with van der Waals surface area (Å²) in [6.07, 6.45) is 1.09. The molecule has 154 valence electrons. The number of amides is 2. The van der Waals surface area contributed by atoms with Crippen LogP contribution in [0.15, 0.2) is 0 Å². The van der Waals surface area contributed by atoms with Crippen LogP contribution in [0.5, 0.6) is 0 Å². The smallest absolute Gasteiger partial charge is 0.239 e. The summed E-state index contributed by atoms with van der Waals surface area (Å²) in [5.41, 5.74) is 0. The second-order valence-corrected chi connectivity index (χ2v) is 5.43. The normalized spacial score (nSPS) is 10.7. The van der Waals surface area contributed by atoms with Gasteiger partial charge in [0.05, 0.1) is 59.4 Å². The predicted octanol–water partition coefficient (Wildman–Crippen LogP) is -0.695. The minimum atomic E-state index is -0.206. The Bertz CT molecular complexity index is 344. The van der Waals surface area contributed by atoms with Crippen LogP contribution in [0.25, 0.3) is 0 Å². The lowest BCUT2D eigenvalue weighted by atomic mass is 10.4. The average Bonchev–Trinajstić information content (AvgIpc) is 2.64. The van der Waals surface area contributed by atoms with E-state index in [1.54, 1.807) is 0 Å². The van der Waals surface area contributed by atoms with Gasteiger partial charge in [-0.3, -0.25) is 9.59 Å². The van der Waals surface area contributed by atoms with Crippen LogP contribution in [0.1, 0.15) is 19.8 Å². The number of likely N-dealkylation sites (N-methyl/N-ethyl adjacent to an activating group) is 1. The third-order valence-electron chi connectivity index (χ3n) is 3.10. The monoisotopic (exact) mass is 377 g/mol. The molecular formula is C17H35N3O6. The maximum Gasteiger partial charge on any atom is 0.239 e. The Morgan fingerprint density at radius 2 is 1.23 bits per heavy atom. The lowest BCUT2D eigenvalue weighted by Crippen LogP contribution is -2.37. The average molecular weight is 377 g/mol. The van der Waals surface area contributed by atoms with Gasteiger partial charge in [-0.15, -0.1) is 0 Å². The van der Waals surface area contributed by atoms with Crippen molar-refractivity contribution in [2.24, 2.45) is 0 Å². The summed E-state index contributed by atoms with van der Waals surface area (Å²) in [4.78, 5) is 22.8. The third kappa shape index (κ3) is 19.1. The van der Waals surface area contributed by atoms with Crippen molar-refractivity contribution in [1.29, 1.82) is 0 Å². The molecule has 9 nitrogen and oxygen atoms in total. The summed E-state index contributed by atoms with van der Waals surface area (Å²) in [6.45, 7) is 7.39.